The van der Waals surface area contributed by atoms with Crippen LogP contribution in [0.15, 0.2) is 28.3 Å². The predicted octanol–water partition coefficient (Wildman–Crippen LogP) is 2.67. The number of aromatic nitrogens is 2. The molecule has 0 aliphatic heterocycles. The number of imidazole rings is 1. The molecule has 0 N–H and O–H groups in total. The Morgan fingerprint density at radius 2 is 2.40 bits per heavy atom. The largest absolute Gasteiger partial charge is 0.338 e. The molecule has 0 unspecified atom stereocenters. The molecular formula is C10H9BrN2OS. The monoisotopic (exact) mass is 284 g/mol. The van der Waals surface area contributed by atoms with Crippen molar-refractivity contribution in [3.8, 4) is 0 Å². The molecule has 0 aliphatic rings. The van der Waals surface area contributed by atoms with Crippen LogP contribution in [0.2, 0.25) is 0 Å². The fourth-order valence-corrected chi connectivity index (χ4v) is 2.59. The highest BCUT2D eigenvalue weighted by molar-refractivity contribution is 9.11. The van der Waals surface area contributed by atoms with E-state index in [4.69, 9.17) is 0 Å². The Labute approximate surface area is 99.9 Å². The first-order chi connectivity index (χ1) is 7.16. The molecule has 15 heavy (non-hydrogen) atoms. The van der Waals surface area contributed by atoms with Crippen LogP contribution >= 0.6 is 27.3 Å². The molecule has 0 saturated carbocycles. The quantitative estimate of drug-likeness (QED) is 0.813. The van der Waals surface area contributed by atoms with Crippen molar-refractivity contribution < 1.29 is 4.79 Å². The van der Waals surface area contributed by atoms with Gasteiger partial charge in [-0.3, -0.25) is 4.79 Å². The van der Waals surface area contributed by atoms with E-state index in [1.54, 1.807) is 6.20 Å². The van der Waals surface area contributed by atoms with Crippen LogP contribution in [-0.2, 0) is 13.5 Å². The summed E-state index contributed by atoms with van der Waals surface area (Å²) in [5.41, 5.74) is 0. The summed E-state index contributed by atoms with van der Waals surface area (Å²) >= 11 is 4.79. The lowest BCUT2D eigenvalue weighted by molar-refractivity contribution is 0.0994. The molecule has 2 heterocycles. The van der Waals surface area contributed by atoms with Crippen molar-refractivity contribution >= 4 is 33.0 Å². The summed E-state index contributed by atoms with van der Waals surface area (Å²) in [6, 6.07) is 3.72. The van der Waals surface area contributed by atoms with Crippen LogP contribution in [0.4, 0.5) is 0 Å². The number of halogens is 1. The zero-order valence-electron chi connectivity index (χ0n) is 8.11. The Morgan fingerprint density at radius 3 is 2.93 bits per heavy atom. The van der Waals surface area contributed by atoms with Gasteiger partial charge in [0.15, 0.2) is 5.78 Å². The SMILES string of the molecule is Cn1ccnc1CC(=O)c1ccc(Br)s1. The Kier molecular flexibility index (Phi) is 3.02. The van der Waals surface area contributed by atoms with E-state index in [-0.39, 0.29) is 5.78 Å². The molecule has 2 aromatic heterocycles. The second kappa shape index (κ2) is 4.28. The van der Waals surface area contributed by atoms with E-state index in [1.165, 1.54) is 11.3 Å². The molecule has 0 radical (unpaired) electrons. The topological polar surface area (TPSA) is 34.9 Å². The third kappa shape index (κ3) is 2.35. The van der Waals surface area contributed by atoms with Gasteiger partial charge in [-0.15, -0.1) is 11.3 Å². The molecule has 5 heteroatoms. The maximum atomic E-state index is 11.8. The fourth-order valence-electron chi connectivity index (χ4n) is 1.26. The maximum absolute atomic E-state index is 11.8. The molecule has 0 amide bonds. The van der Waals surface area contributed by atoms with E-state index in [0.717, 1.165) is 14.5 Å². The average Bonchev–Trinajstić information content (AvgIpc) is 2.77. The van der Waals surface area contributed by atoms with Gasteiger partial charge < -0.3 is 4.57 Å². The molecule has 78 valence electrons. The number of carbonyl (C=O) groups excluding carboxylic acids is 1. The number of hydrogen-bond acceptors (Lipinski definition) is 3. The van der Waals surface area contributed by atoms with Gasteiger partial charge in [0.1, 0.15) is 5.82 Å². The minimum atomic E-state index is 0.111. The number of nitrogens with zero attached hydrogens (tertiary/aromatic N) is 2. The highest BCUT2D eigenvalue weighted by Crippen LogP contribution is 2.23. The molecule has 0 atom stereocenters. The summed E-state index contributed by atoms with van der Waals surface area (Å²) < 4.78 is 2.84. The first-order valence-corrected chi connectivity index (χ1v) is 6.02. The van der Waals surface area contributed by atoms with Crippen molar-refractivity contribution in [3.05, 3.63) is 39.0 Å². The normalized spacial score (nSPS) is 10.5. The van der Waals surface area contributed by atoms with Crippen molar-refractivity contribution in [1.29, 1.82) is 0 Å². The highest BCUT2D eigenvalue weighted by Gasteiger charge is 2.11. The molecule has 2 aromatic rings. The summed E-state index contributed by atoms with van der Waals surface area (Å²) in [5.74, 6) is 0.907. The molecular weight excluding hydrogens is 276 g/mol. The summed E-state index contributed by atoms with van der Waals surface area (Å²) in [7, 11) is 1.89. The standard InChI is InChI=1S/C10H9BrN2OS/c1-13-5-4-12-10(13)6-7(14)8-2-3-9(11)15-8/h2-5H,6H2,1H3. The van der Waals surface area contributed by atoms with E-state index in [2.05, 4.69) is 20.9 Å². The lowest BCUT2D eigenvalue weighted by Gasteiger charge is -1.98. The van der Waals surface area contributed by atoms with Crippen LogP contribution in [0, 0.1) is 0 Å². The molecule has 2 rings (SSSR count). The number of Topliss-reactive ketones (excluding diaryl/α,β-unsaturated/α-hetero) is 1. The van der Waals surface area contributed by atoms with Gasteiger partial charge in [0, 0.05) is 19.4 Å². The maximum Gasteiger partial charge on any atom is 0.180 e. The van der Waals surface area contributed by atoms with Crippen molar-refractivity contribution in [1.82, 2.24) is 9.55 Å². The molecule has 0 fully saturated rings. The van der Waals surface area contributed by atoms with E-state index in [1.807, 2.05) is 29.9 Å². The second-order valence-electron chi connectivity index (χ2n) is 3.16. The van der Waals surface area contributed by atoms with Crippen LogP contribution in [-0.4, -0.2) is 15.3 Å². The van der Waals surface area contributed by atoms with E-state index in [0.29, 0.717) is 6.42 Å². The number of rotatable bonds is 3. The summed E-state index contributed by atoms with van der Waals surface area (Å²) in [6.07, 6.45) is 3.90. The van der Waals surface area contributed by atoms with E-state index in [9.17, 15) is 4.79 Å². The lowest BCUT2D eigenvalue weighted by atomic mass is 10.2. The first-order valence-electron chi connectivity index (χ1n) is 4.41. The van der Waals surface area contributed by atoms with Gasteiger partial charge in [0.05, 0.1) is 15.1 Å². The van der Waals surface area contributed by atoms with Crippen LogP contribution in [0.25, 0.3) is 0 Å². The van der Waals surface area contributed by atoms with Crippen molar-refractivity contribution in [2.45, 2.75) is 6.42 Å². The molecule has 0 bridgehead atoms. The highest BCUT2D eigenvalue weighted by atomic mass is 79.9. The van der Waals surface area contributed by atoms with Gasteiger partial charge in [-0.25, -0.2) is 4.98 Å². The Morgan fingerprint density at radius 1 is 1.60 bits per heavy atom. The zero-order chi connectivity index (χ0) is 10.8. The van der Waals surface area contributed by atoms with Crippen molar-refractivity contribution in [2.75, 3.05) is 0 Å². The third-order valence-corrected chi connectivity index (χ3v) is 3.75. The molecule has 0 saturated heterocycles. The van der Waals surface area contributed by atoms with Crippen LogP contribution < -0.4 is 0 Å². The molecule has 0 aliphatic carbocycles. The molecule has 3 nitrogen and oxygen atoms in total. The van der Waals surface area contributed by atoms with Crippen molar-refractivity contribution in [2.24, 2.45) is 7.05 Å². The third-order valence-electron chi connectivity index (χ3n) is 2.09. The smallest absolute Gasteiger partial charge is 0.180 e. The fraction of sp³-hybridized carbons (Fsp3) is 0.200. The predicted molar refractivity (Wildman–Crippen MR) is 63.3 cm³/mol. The second-order valence-corrected chi connectivity index (χ2v) is 5.62. The van der Waals surface area contributed by atoms with Gasteiger partial charge >= 0.3 is 0 Å². The summed E-state index contributed by atoms with van der Waals surface area (Å²) in [6.45, 7) is 0. The lowest BCUT2D eigenvalue weighted by Crippen LogP contribution is -2.06. The van der Waals surface area contributed by atoms with Gasteiger partial charge in [-0.2, -0.15) is 0 Å². The molecule has 0 aromatic carbocycles. The first kappa shape index (κ1) is 10.6. The average molecular weight is 285 g/mol. The van der Waals surface area contributed by atoms with Gasteiger partial charge in [-0.05, 0) is 28.1 Å². The van der Waals surface area contributed by atoms with Crippen LogP contribution in [0.1, 0.15) is 15.5 Å². The van der Waals surface area contributed by atoms with Crippen LogP contribution in [0.3, 0.4) is 0 Å². The van der Waals surface area contributed by atoms with Crippen LogP contribution in [0.5, 0.6) is 0 Å². The Balaban J connectivity index is 2.14. The number of thiophene rings is 1. The number of hydrogen-bond donors (Lipinski definition) is 0. The molecule has 0 spiro atoms. The summed E-state index contributed by atoms with van der Waals surface area (Å²) in [5, 5.41) is 0. The van der Waals surface area contributed by atoms with Gasteiger partial charge in [0.2, 0.25) is 0 Å². The minimum absolute atomic E-state index is 0.111. The van der Waals surface area contributed by atoms with E-state index >= 15 is 0 Å². The van der Waals surface area contributed by atoms with Crippen molar-refractivity contribution in [3.63, 3.8) is 0 Å². The van der Waals surface area contributed by atoms with Gasteiger partial charge in [-0.1, -0.05) is 0 Å². The number of carbonyl (C=O) groups is 1. The van der Waals surface area contributed by atoms with E-state index < -0.39 is 0 Å². The Hall–Kier alpha value is -0.940. The number of aryl methyl sites for hydroxylation is 1. The van der Waals surface area contributed by atoms with Gasteiger partial charge in [0.25, 0.3) is 0 Å². The number of ketones is 1. The minimum Gasteiger partial charge on any atom is -0.338 e. The zero-order valence-corrected chi connectivity index (χ0v) is 10.5. The Bertz CT molecular complexity index is 489. The summed E-state index contributed by atoms with van der Waals surface area (Å²) in [4.78, 5) is 16.7.